The van der Waals surface area contributed by atoms with Crippen LogP contribution in [0.15, 0.2) is 0 Å². The van der Waals surface area contributed by atoms with Crippen LogP contribution in [0.5, 0.6) is 0 Å². The molecule has 3 atom stereocenters. The minimum Gasteiger partial charge on any atom is -0.360 e. The van der Waals surface area contributed by atoms with E-state index < -0.39 is 28.7 Å². The molecule has 1 aliphatic heterocycles. The number of Topliss-reactive ketones (excluding diaryl/α,β-unsaturated/α-hetero) is 3. The molecule has 102 valence electrons. The summed E-state index contributed by atoms with van der Waals surface area (Å²) in [5, 5.41) is 9.76. The predicted molar refractivity (Wildman–Crippen MR) is 60.6 cm³/mol. The molecule has 1 N–H and O–H groups in total. The maximum atomic E-state index is 11.9. The largest absolute Gasteiger partial charge is 0.360 e. The molecule has 0 saturated carbocycles. The van der Waals surface area contributed by atoms with Crippen molar-refractivity contribution < 1.29 is 29.0 Å². The van der Waals surface area contributed by atoms with Gasteiger partial charge < -0.3 is 14.6 Å². The summed E-state index contributed by atoms with van der Waals surface area (Å²) in [6, 6.07) is 0. The summed E-state index contributed by atoms with van der Waals surface area (Å²) < 4.78 is 10.5. The fraction of sp³-hybridized carbons (Fsp3) is 0.750. The zero-order valence-electron chi connectivity index (χ0n) is 11.2. The second-order valence-electron chi connectivity index (χ2n) is 5.08. The zero-order valence-corrected chi connectivity index (χ0v) is 11.2. The summed E-state index contributed by atoms with van der Waals surface area (Å²) in [6.07, 6.45) is -0.146. The highest BCUT2D eigenvalue weighted by Crippen LogP contribution is 2.38. The lowest BCUT2D eigenvalue weighted by atomic mass is 9.97. The first-order chi connectivity index (χ1) is 7.93. The Hall–Kier alpha value is -1.11. The fourth-order valence-electron chi connectivity index (χ4n) is 1.71. The van der Waals surface area contributed by atoms with Gasteiger partial charge in [0.05, 0.1) is 0 Å². The van der Waals surface area contributed by atoms with E-state index in [1.807, 2.05) is 0 Å². The van der Waals surface area contributed by atoms with Crippen molar-refractivity contribution in [3.05, 3.63) is 0 Å². The SMILES string of the molecule is CC(=O)[C@@]1(C)CC(=O)C(C)(O[C@@](C)(O)C(C)=O)O1. The van der Waals surface area contributed by atoms with Crippen LogP contribution >= 0.6 is 0 Å². The molecule has 1 heterocycles. The summed E-state index contributed by atoms with van der Waals surface area (Å²) in [7, 11) is 0. The number of aliphatic hydroxyl groups is 1. The van der Waals surface area contributed by atoms with Crippen LogP contribution in [0.2, 0.25) is 0 Å². The van der Waals surface area contributed by atoms with Crippen LogP contribution < -0.4 is 0 Å². The first-order valence-electron chi connectivity index (χ1n) is 5.61. The number of hydrogen-bond donors (Lipinski definition) is 1. The van der Waals surface area contributed by atoms with E-state index in [0.717, 1.165) is 13.8 Å². The van der Waals surface area contributed by atoms with Crippen LogP contribution in [-0.4, -0.2) is 39.6 Å². The van der Waals surface area contributed by atoms with Crippen LogP contribution in [0.1, 0.15) is 41.0 Å². The standard InChI is InChI=1S/C12H18O6/c1-7(13)10(3)6-9(15)12(5,17-10)18-11(4,16)8(2)14/h16H,6H2,1-5H3/t10-,11-,12?/m1/s1. The number of carbonyl (C=O) groups is 3. The highest BCUT2D eigenvalue weighted by molar-refractivity contribution is 5.97. The fourth-order valence-corrected chi connectivity index (χ4v) is 1.71. The molecular weight excluding hydrogens is 240 g/mol. The molecule has 0 radical (unpaired) electrons. The maximum Gasteiger partial charge on any atom is 0.230 e. The molecule has 1 aliphatic rings. The van der Waals surface area contributed by atoms with E-state index in [9.17, 15) is 19.5 Å². The maximum absolute atomic E-state index is 11.9. The topological polar surface area (TPSA) is 89.9 Å². The number of ketones is 3. The molecule has 6 heteroatoms. The number of carbonyl (C=O) groups excluding carboxylic acids is 3. The lowest BCUT2D eigenvalue weighted by Gasteiger charge is -2.32. The lowest BCUT2D eigenvalue weighted by molar-refractivity contribution is -0.308. The summed E-state index contributed by atoms with van der Waals surface area (Å²) in [6.45, 7) is 6.33. The van der Waals surface area contributed by atoms with Crippen LogP contribution in [0.4, 0.5) is 0 Å². The molecule has 6 nitrogen and oxygen atoms in total. The molecule has 0 amide bonds. The van der Waals surface area contributed by atoms with Crippen molar-refractivity contribution in [2.75, 3.05) is 0 Å². The van der Waals surface area contributed by atoms with Gasteiger partial charge in [-0.3, -0.25) is 14.4 Å². The Morgan fingerprint density at radius 1 is 1.39 bits per heavy atom. The number of rotatable bonds is 4. The highest BCUT2D eigenvalue weighted by Gasteiger charge is 2.56. The van der Waals surface area contributed by atoms with Gasteiger partial charge in [-0.15, -0.1) is 0 Å². The van der Waals surface area contributed by atoms with Crippen LogP contribution in [-0.2, 0) is 23.9 Å². The lowest BCUT2D eigenvalue weighted by Crippen LogP contribution is -2.49. The summed E-state index contributed by atoms with van der Waals surface area (Å²) in [4.78, 5) is 34.5. The van der Waals surface area contributed by atoms with Crippen molar-refractivity contribution in [2.45, 2.75) is 58.2 Å². The van der Waals surface area contributed by atoms with Gasteiger partial charge in [-0.25, -0.2) is 0 Å². The molecule has 0 aromatic rings. The summed E-state index contributed by atoms with van der Waals surface area (Å²) >= 11 is 0. The Labute approximate surface area is 105 Å². The van der Waals surface area contributed by atoms with Crippen molar-refractivity contribution in [1.82, 2.24) is 0 Å². The molecule has 1 saturated heterocycles. The van der Waals surface area contributed by atoms with Gasteiger partial charge in [0, 0.05) is 13.3 Å². The second kappa shape index (κ2) is 4.22. The second-order valence-corrected chi connectivity index (χ2v) is 5.08. The third-order valence-corrected chi connectivity index (χ3v) is 3.22. The monoisotopic (exact) mass is 258 g/mol. The number of ether oxygens (including phenoxy) is 2. The molecule has 0 aromatic carbocycles. The highest BCUT2D eigenvalue weighted by atomic mass is 16.8. The normalized spacial score (nSPS) is 35.3. The van der Waals surface area contributed by atoms with E-state index in [0.29, 0.717) is 0 Å². The Bertz CT molecular complexity index is 413. The van der Waals surface area contributed by atoms with E-state index in [4.69, 9.17) is 9.47 Å². The smallest absolute Gasteiger partial charge is 0.230 e. The van der Waals surface area contributed by atoms with Crippen LogP contribution in [0.25, 0.3) is 0 Å². The zero-order chi connectivity index (χ0) is 14.4. The van der Waals surface area contributed by atoms with Gasteiger partial charge in [-0.05, 0) is 27.7 Å². The molecule has 1 unspecified atom stereocenters. The van der Waals surface area contributed by atoms with Gasteiger partial charge in [-0.1, -0.05) is 0 Å². The molecule has 0 aliphatic carbocycles. The minimum atomic E-state index is -2.13. The van der Waals surface area contributed by atoms with Crippen molar-refractivity contribution >= 4 is 17.3 Å². The molecule has 0 aromatic heterocycles. The minimum absolute atomic E-state index is 0.146. The van der Waals surface area contributed by atoms with E-state index in [2.05, 4.69) is 0 Å². The third-order valence-electron chi connectivity index (χ3n) is 3.22. The average Bonchev–Trinajstić information content (AvgIpc) is 2.36. The van der Waals surface area contributed by atoms with Crippen LogP contribution in [0, 0.1) is 0 Å². The van der Waals surface area contributed by atoms with E-state index >= 15 is 0 Å². The van der Waals surface area contributed by atoms with Gasteiger partial charge in [0.25, 0.3) is 0 Å². The Kier molecular flexibility index (Phi) is 3.51. The number of hydrogen-bond acceptors (Lipinski definition) is 6. The van der Waals surface area contributed by atoms with Gasteiger partial charge in [0.2, 0.25) is 11.6 Å². The molecular formula is C12H18O6. The molecule has 18 heavy (non-hydrogen) atoms. The van der Waals surface area contributed by atoms with Crippen molar-refractivity contribution in [2.24, 2.45) is 0 Å². The summed E-state index contributed by atoms with van der Waals surface area (Å²) in [5.41, 5.74) is -1.28. The first kappa shape index (κ1) is 14.9. The molecule has 0 bridgehead atoms. The van der Waals surface area contributed by atoms with E-state index in [-0.39, 0.29) is 12.2 Å². The Morgan fingerprint density at radius 2 is 1.89 bits per heavy atom. The predicted octanol–water partition coefficient (Wildman–Crippen LogP) is 0.354. The Morgan fingerprint density at radius 3 is 2.22 bits per heavy atom. The van der Waals surface area contributed by atoms with E-state index in [1.54, 1.807) is 0 Å². The van der Waals surface area contributed by atoms with Crippen LogP contribution in [0.3, 0.4) is 0 Å². The van der Waals surface area contributed by atoms with Crippen molar-refractivity contribution in [3.63, 3.8) is 0 Å². The molecule has 0 spiro atoms. The molecule has 1 fully saturated rings. The summed E-state index contributed by atoms with van der Waals surface area (Å²) in [5.74, 6) is -5.38. The molecule has 1 rings (SSSR count). The van der Waals surface area contributed by atoms with Gasteiger partial charge in [0.15, 0.2) is 17.3 Å². The van der Waals surface area contributed by atoms with Gasteiger partial charge in [-0.2, -0.15) is 0 Å². The van der Waals surface area contributed by atoms with Gasteiger partial charge >= 0.3 is 0 Å². The third kappa shape index (κ3) is 2.50. The average molecular weight is 258 g/mol. The Balaban J connectivity index is 2.99. The van der Waals surface area contributed by atoms with E-state index in [1.165, 1.54) is 20.8 Å². The van der Waals surface area contributed by atoms with Crippen molar-refractivity contribution in [3.8, 4) is 0 Å². The quantitative estimate of drug-likeness (QED) is 0.732. The van der Waals surface area contributed by atoms with Gasteiger partial charge in [0.1, 0.15) is 5.60 Å². The first-order valence-corrected chi connectivity index (χ1v) is 5.61. The van der Waals surface area contributed by atoms with Crippen molar-refractivity contribution in [1.29, 1.82) is 0 Å².